The van der Waals surface area contributed by atoms with Crippen LogP contribution in [0.3, 0.4) is 0 Å². The topological polar surface area (TPSA) is 78.9 Å². The molecule has 0 bridgehead atoms. The number of carbonyl (C=O) groups is 2. The highest BCUT2D eigenvalue weighted by molar-refractivity contribution is 5.93. The Labute approximate surface area is 124 Å². The van der Waals surface area contributed by atoms with Crippen LogP contribution >= 0.6 is 0 Å². The van der Waals surface area contributed by atoms with Crippen LogP contribution in [-0.2, 0) is 9.59 Å². The molecule has 6 heteroatoms. The number of hydrogen-bond donors (Lipinski definition) is 2. The molecule has 0 aliphatic carbocycles. The molecule has 2 N–H and O–H groups in total. The lowest BCUT2D eigenvalue weighted by Crippen LogP contribution is -2.39. The number of rotatable bonds is 8. The Bertz CT molecular complexity index is 488. The monoisotopic (exact) mass is 294 g/mol. The summed E-state index contributed by atoms with van der Waals surface area (Å²) in [5.41, 5.74) is 0.574. The molecule has 0 aliphatic rings. The van der Waals surface area contributed by atoms with Crippen molar-refractivity contribution in [3.05, 3.63) is 24.3 Å². The molecule has 0 saturated heterocycles. The first-order valence-corrected chi connectivity index (χ1v) is 6.79. The van der Waals surface area contributed by atoms with Crippen LogP contribution < -0.4 is 10.1 Å². The minimum absolute atomic E-state index is 0.0303. The van der Waals surface area contributed by atoms with Crippen molar-refractivity contribution in [3.8, 4) is 5.75 Å². The van der Waals surface area contributed by atoms with Crippen molar-refractivity contribution in [3.63, 3.8) is 0 Å². The molecule has 0 saturated carbocycles. The zero-order valence-corrected chi connectivity index (χ0v) is 12.6. The molecular formula is C15H22N2O4. The third-order valence-corrected chi connectivity index (χ3v) is 2.73. The molecule has 1 aromatic carbocycles. The van der Waals surface area contributed by atoms with Crippen LogP contribution in [0.5, 0.6) is 5.75 Å². The molecule has 0 aromatic heterocycles. The summed E-state index contributed by atoms with van der Waals surface area (Å²) < 4.78 is 5.16. The summed E-state index contributed by atoms with van der Waals surface area (Å²) >= 11 is 0. The van der Waals surface area contributed by atoms with Crippen LogP contribution in [0.4, 0.5) is 5.69 Å². The van der Waals surface area contributed by atoms with E-state index in [1.54, 1.807) is 23.1 Å². The summed E-state index contributed by atoms with van der Waals surface area (Å²) in [4.78, 5) is 24.5. The molecule has 0 aliphatic heterocycles. The van der Waals surface area contributed by atoms with Crippen molar-refractivity contribution < 1.29 is 19.4 Å². The number of carboxylic acids is 1. The Morgan fingerprint density at radius 3 is 2.52 bits per heavy atom. The first kappa shape index (κ1) is 17.0. The van der Waals surface area contributed by atoms with Gasteiger partial charge in [0.05, 0.1) is 25.9 Å². The molecule has 0 fully saturated rings. The largest absolute Gasteiger partial charge is 0.495 e. The Hall–Kier alpha value is -2.08. The number of anilines is 1. The van der Waals surface area contributed by atoms with Gasteiger partial charge in [-0.1, -0.05) is 26.0 Å². The number of nitrogens with one attached hydrogen (secondary N) is 1. The molecule has 21 heavy (non-hydrogen) atoms. The van der Waals surface area contributed by atoms with E-state index in [-0.39, 0.29) is 24.9 Å². The summed E-state index contributed by atoms with van der Waals surface area (Å²) in [6, 6.07) is 7.09. The number of carbonyl (C=O) groups excluding carboxylic acids is 1. The second-order valence-electron chi connectivity index (χ2n) is 5.21. The van der Waals surface area contributed by atoms with Gasteiger partial charge in [0.15, 0.2) is 0 Å². The van der Waals surface area contributed by atoms with Gasteiger partial charge < -0.3 is 15.2 Å². The first-order valence-electron chi connectivity index (χ1n) is 6.79. The molecule has 0 spiro atoms. The van der Waals surface area contributed by atoms with Crippen LogP contribution in [-0.4, -0.2) is 48.6 Å². The highest BCUT2D eigenvalue weighted by Gasteiger charge is 2.16. The molecule has 0 radical (unpaired) electrons. The van der Waals surface area contributed by atoms with E-state index in [9.17, 15) is 9.59 Å². The maximum absolute atomic E-state index is 12.1. The molecule has 116 valence electrons. The lowest BCUT2D eigenvalue weighted by Gasteiger charge is -2.21. The maximum atomic E-state index is 12.1. The van der Waals surface area contributed by atoms with Gasteiger partial charge in [0, 0.05) is 6.54 Å². The van der Waals surface area contributed by atoms with E-state index in [1.807, 2.05) is 19.9 Å². The predicted molar refractivity (Wildman–Crippen MR) is 80.5 cm³/mol. The number of nitrogens with zero attached hydrogens (tertiary/aromatic N) is 1. The van der Waals surface area contributed by atoms with Crippen molar-refractivity contribution in [2.75, 3.05) is 32.1 Å². The number of carboxylic acid groups (broad SMARTS) is 1. The van der Waals surface area contributed by atoms with Gasteiger partial charge in [-0.05, 0) is 18.1 Å². The van der Waals surface area contributed by atoms with Crippen LogP contribution in [0.1, 0.15) is 13.8 Å². The Morgan fingerprint density at radius 1 is 1.29 bits per heavy atom. The minimum Gasteiger partial charge on any atom is -0.495 e. The molecule has 0 atom stereocenters. The van der Waals surface area contributed by atoms with Gasteiger partial charge in [0.1, 0.15) is 5.75 Å². The van der Waals surface area contributed by atoms with E-state index in [4.69, 9.17) is 9.84 Å². The summed E-state index contributed by atoms with van der Waals surface area (Å²) in [6.07, 6.45) is 0. The predicted octanol–water partition coefficient (Wildman–Crippen LogP) is 1.68. The van der Waals surface area contributed by atoms with Gasteiger partial charge in [-0.25, -0.2) is 0 Å². The SMILES string of the molecule is COc1ccccc1NC(=O)CN(CC(=O)O)CC(C)C. The van der Waals surface area contributed by atoms with Crippen LogP contribution in [0.15, 0.2) is 24.3 Å². The summed E-state index contributed by atoms with van der Waals surface area (Å²) in [5, 5.41) is 11.6. The molecular weight excluding hydrogens is 272 g/mol. The van der Waals surface area contributed by atoms with Crippen molar-refractivity contribution in [2.45, 2.75) is 13.8 Å². The Kier molecular flexibility index (Phi) is 6.68. The van der Waals surface area contributed by atoms with Crippen molar-refractivity contribution in [2.24, 2.45) is 5.92 Å². The van der Waals surface area contributed by atoms with Gasteiger partial charge in [-0.3, -0.25) is 14.5 Å². The van der Waals surface area contributed by atoms with Crippen molar-refractivity contribution in [1.82, 2.24) is 4.90 Å². The van der Waals surface area contributed by atoms with Gasteiger partial charge >= 0.3 is 5.97 Å². The fourth-order valence-corrected chi connectivity index (χ4v) is 2.03. The van der Waals surface area contributed by atoms with Crippen molar-refractivity contribution in [1.29, 1.82) is 0 Å². The number of amides is 1. The normalized spacial score (nSPS) is 10.7. The number of aliphatic carboxylic acids is 1. The number of ether oxygens (including phenoxy) is 1. The highest BCUT2D eigenvalue weighted by atomic mass is 16.5. The quantitative estimate of drug-likeness (QED) is 0.762. The fraction of sp³-hybridized carbons (Fsp3) is 0.467. The molecule has 0 heterocycles. The Morgan fingerprint density at radius 2 is 1.95 bits per heavy atom. The average molecular weight is 294 g/mol. The lowest BCUT2D eigenvalue weighted by molar-refractivity contribution is -0.138. The van der Waals surface area contributed by atoms with E-state index in [0.717, 1.165) is 0 Å². The van der Waals surface area contributed by atoms with Crippen LogP contribution in [0, 0.1) is 5.92 Å². The summed E-state index contributed by atoms with van der Waals surface area (Å²) in [5.74, 6) is -0.356. The van der Waals surface area contributed by atoms with Crippen molar-refractivity contribution >= 4 is 17.6 Å². The maximum Gasteiger partial charge on any atom is 0.317 e. The second-order valence-corrected chi connectivity index (χ2v) is 5.21. The number of methoxy groups -OCH3 is 1. The van der Waals surface area contributed by atoms with E-state index >= 15 is 0 Å². The van der Waals surface area contributed by atoms with Gasteiger partial charge in [0.25, 0.3) is 0 Å². The minimum atomic E-state index is -0.944. The first-order chi connectivity index (χ1) is 9.92. The van der Waals surface area contributed by atoms with E-state index < -0.39 is 5.97 Å². The summed E-state index contributed by atoms with van der Waals surface area (Å²) in [6.45, 7) is 4.38. The second kappa shape index (κ2) is 8.26. The van der Waals surface area contributed by atoms with Gasteiger partial charge in [-0.2, -0.15) is 0 Å². The summed E-state index contributed by atoms with van der Waals surface area (Å²) in [7, 11) is 1.53. The number of benzene rings is 1. The molecule has 1 amide bonds. The third kappa shape index (κ3) is 6.27. The van der Waals surface area contributed by atoms with Gasteiger partial charge in [0.2, 0.25) is 5.91 Å². The lowest BCUT2D eigenvalue weighted by atomic mass is 10.2. The smallest absolute Gasteiger partial charge is 0.317 e. The van der Waals surface area contributed by atoms with E-state index in [1.165, 1.54) is 7.11 Å². The number of para-hydroxylation sites is 2. The fourth-order valence-electron chi connectivity index (χ4n) is 2.03. The molecule has 0 unspecified atom stereocenters. The zero-order chi connectivity index (χ0) is 15.8. The third-order valence-electron chi connectivity index (χ3n) is 2.73. The molecule has 1 rings (SSSR count). The highest BCUT2D eigenvalue weighted by Crippen LogP contribution is 2.22. The standard InChI is InChI=1S/C15H22N2O4/c1-11(2)8-17(10-15(19)20)9-14(18)16-12-6-4-5-7-13(12)21-3/h4-7,11H,8-10H2,1-3H3,(H,16,18)(H,19,20). The molecule has 1 aromatic rings. The van der Waals surface area contributed by atoms with E-state index in [2.05, 4.69) is 5.32 Å². The number of hydrogen-bond acceptors (Lipinski definition) is 4. The van der Waals surface area contributed by atoms with Gasteiger partial charge in [-0.15, -0.1) is 0 Å². The molecule has 6 nitrogen and oxygen atoms in total. The van der Waals surface area contributed by atoms with Crippen LogP contribution in [0.2, 0.25) is 0 Å². The zero-order valence-electron chi connectivity index (χ0n) is 12.6. The van der Waals surface area contributed by atoms with E-state index in [0.29, 0.717) is 18.0 Å². The van der Waals surface area contributed by atoms with Crippen LogP contribution in [0.25, 0.3) is 0 Å². The average Bonchev–Trinajstić information content (AvgIpc) is 2.37. The Balaban J connectivity index is 2.66.